The second kappa shape index (κ2) is 20.4. The maximum atomic E-state index is 16.6. The van der Waals surface area contributed by atoms with E-state index in [2.05, 4.69) is 25.5 Å². The van der Waals surface area contributed by atoms with E-state index in [0.29, 0.717) is 54.2 Å². The van der Waals surface area contributed by atoms with E-state index in [0.717, 1.165) is 74.8 Å². The van der Waals surface area contributed by atoms with Gasteiger partial charge in [0, 0.05) is 50.4 Å². The van der Waals surface area contributed by atoms with Crippen LogP contribution in [0.25, 0.3) is 28.0 Å². The lowest BCUT2D eigenvalue weighted by Gasteiger charge is -2.35. The van der Waals surface area contributed by atoms with Crippen LogP contribution in [0.3, 0.4) is 0 Å². The Hall–Kier alpha value is -6.20. The number of carbonyl (C=O) groups is 3. The Labute approximate surface area is 399 Å². The summed E-state index contributed by atoms with van der Waals surface area (Å²) in [6.07, 6.45) is 8.33. The topological polar surface area (TPSA) is 155 Å². The third kappa shape index (κ3) is 9.72. The highest BCUT2D eigenvalue weighted by molar-refractivity contribution is 6.05. The van der Waals surface area contributed by atoms with Crippen LogP contribution < -0.4 is 26.0 Å². The average molecular weight is 948 g/mol. The molecule has 0 saturated carbocycles. The highest BCUT2D eigenvalue weighted by Crippen LogP contribution is 2.40. The molecule has 0 aliphatic carbocycles. The number of amides is 3. The summed E-state index contributed by atoms with van der Waals surface area (Å²) in [5.74, 6) is -2.61. The molecule has 3 aromatic heterocycles. The molecule has 9 rings (SSSR count). The van der Waals surface area contributed by atoms with Gasteiger partial charge in [0.1, 0.15) is 34.9 Å². The van der Waals surface area contributed by atoms with Crippen molar-refractivity contribution in [2.24, 2.45) is 0 Å². The molecule has 3 amide bonds. The fourth-order valence-corrected chi connectivity index (χ4v) is 10.6. The fourth-order valence-electron chi connectivity index (χ4n) is 10.6. The molecular formula is C52H60F3N9O5. The van der Waals surface area contributed by atoms with E-state index in [1.807, 2.05) is 32.6 Å². The number of aryl methyl sites for hydroxylation is 1. The number of halogens is 3. The Morgan fingerprint density at radius 3 is 2.43 bits per heavy atom. The number of fused-ring (bicyclic) bond motifs is 2. The van der Waals surface area contributed by atoms with Crippen molar-refractivity contribution in [1.82, 2.24) is 40.0 Å². The number of hydrogen-bond acceptors (Lipinski definition) is 11. The summed E-state index contributed by atoms with van der Waals surface area (Å²) in [7, 11) is 0. The first-order chi connectivity index (χ1) is 33.3. The Kier molecular flexibility index (Phi) is 14.2. The van der Waals surface area contributed by atoms with E-state index >= 15 is 8.78 Å². The van der Waals surface area contributed by atoms with Crippen LogP contribution in [0, 0.1) is 24.4 Å². The minimum atomic E-state index is -0.767. The number of nitrogens with one attached hydrogen (secondary N) is 2. The van der Waals surface area contributed by atoms with E-state index in [1.165, 1.54) is 33.7 Å². The molecule has 5 aromatic rings. The van der Waals surface area contributed by atoms with Crippen molar-refractivity contribution in [3.8, 4) is 22.7 Å². The number of pyridine rings is 2. The van der Waals surface area contributed by atoms with Crippen LogP contribution in [0.4, 0.5) is 19.0 Å². The molecule has 4 aliphatic rings. The number of imide groups is 1. The molecule has 14 nitrogen and oxygen atoms in total. The third-order valence-electron chi connectivity index (χ3n) is 14.3. The van der Waals surface area contributed by atoms with Gasteiger partial charge in [0.05, 0.1) is 28.9 Å². The maximum absolute atomic E-state index is 16.6. The average Bonchev–Trinajstić information content (AvgIpc) is 3.65. The quantitative estimate of drug-likeness (QED) is 0.0794. The Balaban J connectivity index is 0.820. The number of aromatic nitrogens is 4. The summed E-state index contributed by atoms with van der Waals surface area (Å²) in [5.41, 5.74) is 3.04. The van der Waals surface area contributed by atoms with Crippen LogP contribution in [-0.4, -0.2) is 105 Å². The second-order valence-electron chi connectivity index (χ2n) is 19.3. The van der Waals surface area contributed by atoms with Gasteiger partial charge in [0.15, 0.2) is 11.5 Å². The van der Waals surface area contributed by atoms with Gasteiger partial charge in [0.2, 0.25) is 11.8 Å². The van der Waals surface area contributed by atoms with Gasteiger partial charge in [-0.15, -0.1) is 0 Å². The fraction of sp³-hybridized carbons (Fsp3) is 0.481. The number of piperazine rings is 1. The number of nitrogens with zero attached hydrogens (tertiary/aromatic N) is 7. The number of carbonyl (C=O) groups excluding carboxylic acids is 3. The standard InChI is InChI=1S/C52H60F3N9O5/c1-30(2)45-47(31(3)15-18-57-45)64-49-37(48(60-52(64)68)62-23-19-56-28-32(62)4)27-40(55)46(59-49)44-39(54)11-10-12-42(44)69-24-9-7-5-6-8-20-61-21-16-33(17-22-61)35-25-34(53)26-36-38(35)29-63(51(36)67)41-13-14-43(65)58-50(41)66/h10-12,15,18,25-27,30,32-33,41,56H,5-9,13-14,16-17,19-24,28-29H2,1-4H3,(H,58,65,66)/t32-,41?/m0/s1. The summed E-state index contributed by atoms with van der Waals surface area (Å²) in [4.78, 5) is 71.8. The number of unbranched alkanes of at least 4 members (excludes halogenated alkanes) is 4. The van der Waals surface area contributed by atoms with Gasteiger partial charge in [-0.2, -0.15) is 4.98 Å². The molecule has 2 atom stereocenters. The van der Waals surface area contributed by atoms with E-state index in [-0.39, 0.29) is 78.3 Å². The molecule has 2 aromatic carbocycles. The zero-order valence-electron chi connectivity index (χ0n) is 39.8. The highest BCUT2D eigenvalue weighted by Gasteiger charge is 2.41. The largest absolute Gasteiger partial charge is 0.493 e. The summed E-state index contributed by atoms with van der Waals surface area (Å²) >= 11 is 0. The predicted octanol–water partition coefficient (Wildman–Crippen LogP) is 7.46. The summed E-state index contributed by atoms with van der Waals surface area (Å²) in [6, 6.07) is 9.53. The van der Waals surface area contributed by atoms with E-state index < -0.39 is 35.1 Å². The second-order valence-corrected chi connectivity index (χ2v) is 19.3. The monoisotopic (exact) mass is 947 g/mol. The number of rotatable bonds is 15. The Morgan fingerprint density at radius 1 is 0.884 bits per heavy atom. The normalized spacial score (nSPS) is 19.2. The van der Waals surface area contributed by atoms with E-state index in [1.54, 1.807) is 24.4 Å². The van der Waals surface area contributed by atoms with Crippen LogP contribution in [-0.2, 0) is 16.1 Å². The minimum Gasteiger partial charge on any atom is -0.493 e. The van der Waals surface area contributed by atoms with Crippen LogP contribution in [0.15, 0.2) is 53.5 Å². The minimum absolute atomic E-state index is 0.0370. The van der Waals surface area contributed by atoms with Crippen molar-refractivity contribution in [2.75, 3.05) is 50.8 Å². The van der Waals surface area contributed by atoms with Crippen molar-refractivity contribution in [1.29, 1.82) is 0 Å². The van der Waals surface area contributed by atoms with E-state index in [4.69, 9.17) is 9.72 Å². The van der Waals surface area contributed by atoms with Crippen molar-refractivity contribution < 1.29 is 32.3 Å². The summed E-state index contributed by atoms with van der Waals surface area (Å²) in [5, 5.41) is 6.01. The first kappa shape index (κ1) is 47.8. The van der Waals surface area contributed by atoms with Crippen molar-refractivity contribution in [3.05, 3.63) is 105 Å². The van der Waals surface area contributed by atoms with Crippen molar-refractivity contribution >= 4 is 34.6 Å². The molecule has 0 spiro atoms. The van der Waals surface area contributed by atoms with E-state index in [9.17, 15) is 23.6 Å². The lowest BCUT2D eigenvalue weighted by atomic mass is 9.85. The molecule has 4 aliphatic heterocycles. The first-order valence-corrected chi connectivity index (χ1v) is 24.5. The number of likely N-dealkylation sites (tertiary alicyclic amines) is 1. The van der Waals surface area contributed by atoms with Crippen molar-refractivity contribution in [2.45, 2.75) is 116 Å². The molecule has 3 saturated heterocycles. The lowest BCUT2D eigenvalue weighted by molar-refractivity contribution is -0.136. The van der Waals surface area contributed by atoms with Gasteiger partial charge in [-0.1, -0.05) is 39.2 Å². The van der Waals surface area contributed by atoms with Crippen LogP contribution in [0.1, 0.15) is 123 Å². The molecule has 3 fully saturated rings. The summed E-state index contributed by atoms with van der Waals surface area (Å²) < 4.78 is 55.1. The number of anilines is 1. The number of benzene rings is 2. The van der Waals surface area contributed by atoms with Gasteiger partial charge >= 0.3 is 5.69 Å². The Morgan fingerprint density at radius 2 is 1.67 bits per heavy atom. The third-order valence-corrected chi connectivity index (χ3v) is 14.3. The van der Waals surface area contributed by atoms with Gasteiger partial charge in [0.25, 0.3) is 5.91 Å². The molecule has 0 radical (unpaired) electrons. The zero-order valence-corrected chi connectivity index (χ0v) is 39.8. The molecule has 1 unspecified atom stereocenters. The maximum Gasteiger partial charge on any atom is 0.355 e. The molecule has 17 heteroatoms. The highest BCUT2D eigenvalue weighted by atomic mass is 19.1. The molecule has 2 N–H and O–H groups in total. The molecule has 0 bridgehead atoms. The SMILES string of the molecule is Cc1ccnc(C(C)C)c1-n1c(=O)nc(N2CCNC[C@@H]2C)c2cc(F)c(-c3c(F)cccc3OCCCCCCCN3CCC(c4cc(F)cc5c4CN(C4CCC(=O)NC4=O)C5=O)CC3)nc21. The molecule has 69 heavy (non-hydrogen) atoms. The number of hydrogen-bond donors (Lipinski definition) is 2. The molecule has 364 valence electrons. The number of ether oxygens (including phenoxy) is 1. The Bertz CT molecular complexity index is 2850. The van der Waals surface area contributed by atoms with Gasteiger partial charge in [-0.05, 0) is 131 Å². The predicted molar refractivity (Wildman–Crippen MR) is 256 cm³/mol. The first-order valence-electron chi connectivity index (χ1n) is 24.5. The smallest absolute Gasteiger partial charge is 0.355 e. The zero-order chi connectivity index (χ0) is 48.5. The van der Waals surface area contributed by atoms with Crippen LogP contribution in [0.5, 0.6) is 5.75 Å². The van der Waals surface area contributed by atoms with Gasteiger partial charge in [-0.3, -0.25) is 24.7 Å². The van der Waals surface area contributed by atoms with Gasteiger partial charge in [-0.25, -0.2) is 27.5 Å². The number of piperidine rings is 2. The van der Waals surface area contributed by atoms with Crippen LogP contribution >= 0.6 is 0 Å². The molecule has 7 heterocycles. The molecular weight excluding hydrogens is 888 g/mol. The summed E-state index contributed by atoms with van der Waals surface area (Å²) in [6.45, 7) is 12.9. The van der Waals surface area contributed by atoms with Crippen LogP contribution in [0.2, 0.25) is 0 Å². The van der Waals surface area contributed by atoms with Crippen molar-refractivity contribution in [3.63, 3.8) is 0 Å². The lowest BCUT2D eigenvalue weighted by Crippen LogP contribution is -2.52. The van der Waals surface area contributed by atoms with Gasteiger partial charge < -0.3 is 24.8 Å².